The van der Waals surface area contributed by atoms with Crippen LogP contribution in [0.2, 0.25) is 0 Å². The molecule has 17 heavy (non-hydrogen) atoms. The van der Waals surface area contributed by atoms with Crippen molar-refractivity contribution in [2.45, 2.75) is 25.8 Å². The summed E-state index contributed by atoms with van der Waals surface area (Å²) < 4.78 is 7.07. The van der Waals surface area contributed by atoms with E-state index in [1.54, 1.807) is 12.5 Å². The fraction of sp³-hybridized carbons (Fsp3) is 0.545. The minimum absolute atomic E-state index is 0.446. The summed E-state index contributed by atoms with van der Waals surface area (Å²) in [5.74, 6) is 1.26. The first-order valence-corrected chi connectivity index (χ1v) is 5.67. The van der Waals surface area contributed by atoms with Crippen molar-refractivity contribution in [3.8, 4) is 11.5 Å². The number of aromatic nitrogens is 4. The van der Waals surface area contributed by atoms with Gasteiger partial charge in [-0.15, -0.1) is 0 Å². The average molecular weight is 235 g/mol. The number of nitrogens with one attached hydrogen (secondary N) is 1. The number of hydrogen-bond donors (Lipinski definition) is 1. The third-order valence-corrected chi connectivity index (χ3v) is 2.80. The van der Waals surface area contributed by atoms with Crippen LogP contribution in [0.3, 0.4) is 0 Å². The molecule has 2 aromatic heterocycles. The van der Waals surface area contributed by atoms with Crippen molar-refractivity contribution in [2.24, 2.45) is 7.05 Å². The van der Waals surface area contributed by atoms with Gasteiger partial charge in [-0.25, -0.2) is 4.98 Å². The van der Waals surface area contributed by atoms with E-state index in [1.165, 1.54) is 0 Å². The van der Waals surface area contributed by atoms with Crippen LogP contribution in [0.1, 0.15) is 19.2 Å². The van der Waals surface area contributed by atoms with E-state index < -0.39 is 0 Å². The Hall–Kier alpha value is -1.69. The van der Waals surface area contributed by atoms with Gasteiger partial charge in [-0.1, -0.05) is 5.16 Å². The molecule has 0 saturated heterocycles. The summed E-state index contributed by atoms with van der Waals surface area (Å²) in [6.07, 6.45) is 5.20. The SMILES string of the molecule is CNC(C)CCc1nc(-c2cncn2C)no1. The highest BCUT2D eigenvalue weighted by molar-refractivity contribution is 5.46. The standard InChI is InChI=1S/C11H17N5O/c1-8(12-2)4-5-10-14-11(15-17-10)9-6-13-7-16(9)3/h6-8,12H,4-5H2,1-3H3. The molecule has 0 bridgehead atoms. The van der Waals surface area contributed by atoms with E-state index in [0.29, 0.717) is 17.8 Å². The Kier molecular flexibility index (Phi) is 3.53. The average Bonchev–Trinajstić information content (AvgIpc) is 2.94. The fourth-order valence-corrected chi connectivity index (χ4v) is 1.52. The van der Waals surface area contributed by atoms with E-state index in [0.717, 1.165) is 18.5 Å². The lowest BCUT2D eigenvalue weighted by Crippen LogP contribution is -2.21. The number of hydrogen-bond acceptors (Lipinski definition) is 5. The van der Waals surface area contributed by atoms with Crippen molar-refractivity contribution in [1.29, 1.82) is 0 Å². The number of imidazole rings is 1. The maximum atomic E-state index is 5.21. The van der Waals surface area contributed by atoms with Crippen molar-refractivity contribution in [3.63, 3.8) is 0 Å². The second kappa shape index (κ2) is 5.09. The molecule has 2 rings (SSSR count). The van der Waals surface area contributed by atoms with Crippen LogP contribution in [0.4, 0.5) is 0 Å². The summed E-state index contributed by atoms with van der Waals surface area (Å²) in [7, 11) is 3.85. The highest BCUT2D eigenvalue weighted by atomic mass is 16.5. The Balaban J connectivity index is 2.04. The second-order valence-electron chi connectivity index (χ2n) is 4.13. The normalized spacial score (nSPS) is 12.9. The maximum Gasteiger partial charge on any atom is 0.227 e. The van der Waals surface area contributed by atoms with Crippen LogP contribution in [0, 0.1) is 0 Å². The first-order valence-electron chi connectivity index (χ1n) is 5.67. The minimum atomic E-state index is 0.446. The van der Waals surface area contributed by atoms with Gasteiger partial charge < -0.3 is 14.4 Å². The van der Waals surface area contributed by atoms with Gasteiger partial charge in [-0.2, -0.15) is 4.98 Å². The Morgan fingerprint density at radius 2 is 2.35 bits per heavy atom. The molecule has 0 spiro atoms. The van der Waals surface area contributed by atoms with Crippen LogP contribution < -0.4 is 5.32 Å². The highest BCUT2D eigenvalue weighted by Gasteiger charge is 2.12. The first-order chi connectivity index (χ1) is 8.20. The summed E-state index contributed by atoms with van der Waals surface area (Å²) in [4.78, 5) is 8.38. The monoisotopic (exact) mass is 235 g/mol. The van der Waals surface area contributed by atoms with E-state index in [2.05, 4.69) is 27.4 Å². The molecule has 6 heteroatoms. The third kappa shape index (κ3) is 2.71. The van der Waals surface area contributed by atoms with Gasteiger partial charge >= 0.3 is 0 Å². The van der Waals surface area contributed by atoms with Crippen molar-refractivity contribution in [3.05, 3.63) is 18.4 Å². The van der Waals surface area contributed by atoms with E-state index in [4.69, 9.17) is 4.52 Å². The molecule has 0 aliphatic rings. The predicted octanol–water partition coefficient (Wildman–Crippen LogP) is 1.01. The van der Waals surface area contributed by atoms with Gasteiger partial charge in [0.05, 0.1) is 12.5 Å². The summed E-state index contributed by atoms with van der Waals surface area (Å²) >= 11 is 0. The number of rotatable bonds is 5. The molecule has 0 amide bonds. The predicted molar refractivity (Wildman–Crippen MR) is 63.3 cm³/mol. The molecule has 0 fully saturated rings. The highest BCUT2D eigenvalue weighted by Crippen LogP contribution is 2.14. The molecule has 6 nitrogen and oxygen atoms in total. The molecule has 92 valence electrons. The Morgan fingerprint density at radius 3 is 3.00 bits per heavy atom. The summed E-state index contributed by atoms with van der Waals surface area (Å²) in [5.41, 5.74) is 0.863. The van der Waals surface area contributed by atoms with Crippen LogP contribution in [0.25, 0.3) is 11.5 Å². The largest absolute Gasteiger partial charge is 0.339 e. The molecule has 0 radical (unpaired) electrons. The second-order valence-corrected chi connectivity index (χ2v) is 4.13. The Bertz CT molecular complexity index is 476. The van der Waals surface area contributed by atoms with Gasteiger partial charge in [0.15, 0.2) is 0 Å². The minimum Gasteiger partial charge on any atom is -0.339 e. The molecular weight excluding hydrogens is 218 g/mol. The van der Waals surface area contributed by atoms with Crippen molar-refractivity contribution in [1.82, 2.24) is 25.0 Å². The molecule has 0 aromatic carbocycles. The van der Waals surface area contributed by atoms with E-state index in [1.807, 2.05) is 18.7 Å². The molecule has 0 aliphatic carbocycles. The van der Waals surface area contributed by atoms with Gasteiger partial charge in [-0.05, 0) is 20.4 Å². The lowest BCUT2D eigenvalue weighted by molar-refractivity contribution is 0.369. The van der Waals surface area contributed by atoms with Crippen molar-refractivity contribution < 1.29 is 4.52 Å². The van der Waals surface area contributed by atoms with Crippen LogP contribution in [0.5, 0.6) is 0 Å². The number of aryl methyl sites for hydroxylation is 2. The Labute approximate surface area is 100 Å². The van der Waals surface area contributed by atoms with E-state index in [-0.39, 0.29) is 0 Å². The van der Waals surface area contributed by atoms with Crippen LogP contribution in [-0.4, -0.2) is 32.8 Å². The van der Waals surface area contributed by atoms with Crippen molar-refractivity contribution in [2.75, 3.05) is 7.05 Å². The van der Waals surface area contributed by atoms with Gasteiger partial charge in [0.25, 0.3) is 0 Å². The van der Waals surface area contributed by atoms with E-state index in [9.17, 15) is 0 Å². The molecule has 0 aliphatic heterocycles. The molecule has 2 aromatic rings. The summed E-state index contributed by atoms with van der Waals surface area (Å²) in [5, 5.41) is 7.13. The fourth-order valence-electron chi connectivity index (χ4n) is 1.52. The molecule has 1 unspecified atom stereocenters. The first kappa shape index (κ1) is 11.8. The molecule has 1 atom stereocenters. The third-order valence-electron chi connectivity index (χ3n) is 2.80. The number of nitrogens with zero attached hydrogens (tertiary/aromatic N) is 4. The van der Waals surface area contributed by atoms with Crippen molar-refractivity contribution >= 4 is 0 Å². The lowest BCUT2D eigenvalue weighted by atomic mass is 10.2. The molecule has 1 N–H and O–H groups in total. The molecule has 0 saturated carbocycles. The molecular formula is C11H17N5O. The van der Waals surface area contributed by atoms with Gasteiger partial charge in [0.2, 0.25) is 11.7 Å². The smallest absolute Gasteiger partial charge is 0.227 e. The maximum absolute atomic E-state index is 5.21. The van der Waals surface area contributed by atoms with Gasteiger partial charge in [-0.3, -0.25) is 0 Å². The van der Waals surface area contributed by atoms with Gasteiger partial charge in [0.1, 0.15) is 5.69 Å². The quantitative estimate of drug-likeness (QED) is 0.837. The zero-order chi connectivity index (χ0) is 12.3. The van der Waals surface area contributed by atoms with Crippen LogP contribution in [-0.2, 0) is 13.5 Å². The zero-order valence-corrected chi connectivity index (χ0v) is 10.3. The Morgan fingerprint density at radius 1 is 1.53 bits per heavy atom. The topological polar surface area (TPSA) is 68.8 Å². The summed E-state index contributed by atoms with van der Waals surface area (Å²) in [6, 6.07) is 0.446. The lowest BCUT2D eigenvalue weighted by Gasteiger charge is -2.06. The van der Waals surface area contributed by atoms with E-state index >= 15 is 0 Å². The zero-order valence-electron chi connectivity index (χ0n) is 10.3. The summed E-state index contributed by atoms with van der Waals surface area (Å²) in [6.45, 7) is 2.12. The van der Waals surface area contributed by atoms with Crippen LogP contribution in [0.15, 0.2) is 17.0 Å². The van der Waals surface area contributed by atoms with Crippen LogP contribution >= 0.6 is 0 Å². The molecule has 2 heterocycles. The van der Waals surface area contributed by atoms with Gasteiger partial charge in [0, 0.05) is 19.5 Å².